The number of carbonyl (C=O) groups excluding carboxylic acids is 1. The molecule has 1 N–H and O–H groups in total. The number of amides is 1. The summed E-state index contributed by atoms with van der Waals surface area (Å²) >= 11 is 0.880. The quantitative estimate of drug-likeness (QED) is 0.875. The van der Waals surface area contributed by atoms with Gasteiger partial charge in [-0.25, -0.2) is 13.2 Å². The maximum absolute atomic E-state index is 13.5. The van der Waals surface area contributed by atoms with Gasteiger partial charge in [0.15, 0.2) is 5.01 Å². The van der Waals surface area contributed by atoms with Crippen LogP contribution >= 0.6 is 11.3 Å². The first kappa shape index (κ1) is 17.6. The molecule has 6 nitrogen and oxygen atoms in total. The Kier molecular flexibility index (Phi) is 5.49. The summed E-state index contributed by atoms with van der Waals surface area (Å²) in [5, 5.41) is 9.98. The number of nitrogens with zero attached hydrogens (tertiary/aromatic N) is 4. The molecule has 2 heterocycles. The van der Waals surface area contributed by atoms with Crippen molar-refractivity contribution < 1.29 is 18.0 Å². The Bertz CT molecular complexity index is 733. The molecule has 0 saturated carbocycles. The summed E-state index contributed by atoms with van der Waals surface area (Å²) < 4.78 is 38.7. The number of benzene rings is 1. The summed E-state index contributed by atoms with van der Waals surface area (Å²) in [5.74, 6) is -0.777. The molecule has 2 aromatic rings. The lowest BCUT2D eigenvalue weighted by Gasteiger charge is -2.33. The predicted octanol–water partition coefficient (Wildman–Crippen LogP) is 2.38. The Balaban J connectivity index is 1.49. The van der Waals surface area contributed by atoms with Crippen molar-refractivity contribution in [2.45, 2.75) is 6.43 Å². The largest absolute Gasteiger partial charge is 0.344 e. The van der Waals surface area contributed by atoms with E-state index in [1.54, 1.807) is 12.1 Å². The molecule has 1 amide bonds. The zero-order valence-electron chi connectivity index (χ0n) is 13.2. The number of alkyl halides is 2. The van der Waals surface area contributed by atoms with Crippen LogP contribution in [0.4, 0.5) is 24.0 Å². The molecule has 3 rings (SSSR count). The van der Waals surface area contributed by atoms with E-state index in [1.165, 1.54) is 12.1 Å². The summed E-state index contributed by atoms with van der Waals surface area (Å²) in [7, 11) is 0. The molecule has 0 spiro atoms. The van der Waals surface area contributed by atoms with Crippen molar-refractivity contribution in [2.24, 2.45) is 0 Å². The summed E-state index contributed by atoms with van der Waals surface area (Å²) in [6.45, 7) is 2.42. The first-order chi connectivity index (χ1) is 12.0. The van der Waals surface area contributed by atoms with Crippen LogP contribution in [0, 0.1) is 5.82 Å². The first-order valence-electron chi connectivity index (χ1n) is 7.66. The van der Waals surface area contributed by atoms with Gasteiger partial charge in [-0.05, 0) is 12.1 Å². The highest BCUT2D eigenvalue weighted by Gasteiger charge is 2.23. The fourth-order valence-electron chi connectivity index (χ4n) is 2.50. The maximum Gasteiger partial charge on any atom is 0.291 e. The van der Waals surface area contributed by atoms with Gasteiger partial charge in [0.2, 0.25) is 11.0 Å². The molecule has 1 aromatic carbocycles. The van der Waals surface area contributed by atoms with E-state index in [4.69, 9.17) is 0 Å². The van der Waals surface area contributed by atoms with Gasteiger partial charge in [0.1, 0.15) is 5.82 Å². The molecule has 1 aromatic heterocycles. The van der Waals surface area contributed by atoms with E-state index >= 15 is 0 Å². The average Bonchev–Trinajstić information content (AvgIpc) is 3.08. The van der Waals surface area contributed by atoms with E-state index in [9.17, 15) is 18.0 Å². The third-order valence-corrected chi connectivity index (χ3v) is 4.77. The second-order valence-electron chi connectivity index (χ2n) is 5.51. The highest BCUT2D eigenvalue weighted by Crippen LogP contribution is 2.28. The van der Waals surface area contributed by atoms with Crippen LogP contribution in [0.5, 0.6) is 0 Å². The zero-order valence-corrected chi connectivity index (χ0v) is 14.0. The van der Waals surface area contributed by atoms with Crippen molar-refractivity contribution in [3.05, 3.63) is 35.1 Å². The molecule has 0 aliphatic carbocycles. The summed E-state index contributed by atoms with van der Waals surface area (Å²) in [6, 6.07) is 5.98. The molecule has 1 fully saturated rings. The number of aromatic nitrogens is 2. The highest BCUT2D eigenvalue weighted by atomic mass is 32.1. The van der Waals surface area contributed by atoms with Gasteiger partial charge in [0.25, 0.3) is 6.43 Å². The topological polar surface area (TPSA) is 61.4 Å². The number of hydrogen-bond acceptors (Lipinski definition) is 6. The van der Waals surface area contributed by atoms with Crippen LogP contribution in [0.3, 0.4) is 0 Å². The molecule has 0 bridgehead atoms. The lowest BCUT2D eigenvalue weighted by molar-refractivity contribution is -0.117. The number of para-hydroxylation sites is 1. The lowest BCUT2D eigenvalue weighted by Crippen LogP contribution is -2.48. The van der Waals surface area contributed by atoms with Gasteiger partial charge in [0.05, 0.1) is 12.2 Å². The average molecular weight is 371 g/mol. The van der Waals surface area contributed by atoms with E-state index in [0.717, 1.165) is 11.3 Å². The molecule has 0 radical (unpaired) electrons. The van der Waals surface area contributed by atoms with E-state index in [-0.39, 0.29) is 23.1 Å². The van der Waals surface area contributed by atoms with Crippen LogP contribution in [0.2, 0.25) is 0 Å². The Morgan fingerprint density at radius 1 is 1.20 bits per heavy atom. The fraction of sp³-hybridized carbons (Fsp3) is 0.400. The van der Waals surface area contributed by atoms with Crippen molar-refractivity contribution in [3.8, 4) is 0 Å². The molecule has 1 aliphatic rings. The number of hydrogen-bond donors (Lipinski definition) is 1. The van der Waals surface area contributed by atoms with E-state index in [0.29, 0.717) is 31.3 Å². The molecule has 0 unspecified atom stereocenters. The molecular formula is C15H16F3N5OS. The molecule has 1 saturated heterocycles. The van der Waals surface area contributed by atoms with Crippen molar-refractivity contribution in [1.29, 1.82) is 0 Å². The van der Waals surface area contributed by atoms with Gasteiger partial charge < -0.3 is 10.2 Å². The molecule has 25 heavy (non-hydrogen) atoms. The lowest BCUT2D eigenvalue weighted by atomic mass is 10.3. The number of piperazine rings is 1. The summed E-state index contributed by atoms with van der Waals surface area (Å²) in [4.78, 5) is 15.8. The van der Waals surface area contributed by atoms with E-state index < -0.39 is 12.2 Å². The van der Waals surface area contributed by atoms with Crippen molar-refractivity contribution in [1.82, 2.24) is 15.1 Å². The minimum Gasteiger partial charge on any atom is -0.344 e. The second kappa shape index (κ2) is 7.79. The fourth-order valence-corrected chi connectivity index (χ4v) is 3.25. The number of halogens is 3. The van der Waals surface area contributed by atoms with Crippen molar-refractivity contribution in [2.75, 3.05) is 42.9 Å². The molecule has 10 heteroatoms. The van der Waals surface area contributed by atoms with Crippen LogP contribution in [-0.4, -0.2) is 53.7 Å². The first-order valence-corrected chi connectivity index (χ1v) is 8.48. The number of rotatable bonds is 5. The summed E-state index contributed by atoms with van der Waals surface area (Å²) in [6.07, 6.45) is -2.62. The molecule has 0 atom stereocenters. The standard InChI is InChI=1S/C15H16F3N5OS/c16-10-3-1-2-4-11(10)19-12(24)9-22-5-7-23(8-6-22)15-21-20-14(25-15)13(17)18/h1-4,13H,5-9H2,(H,19,24). The Hall–Kier alpha value is -2.20. The maximum atomic E-state index is 13.5. The van der Waals surface area contributed by atoms with Crippen molar-refractivity contribution >= 4 is 28.1 Å². The van der Waals surface area contributed by atoms with Gasteiger partial charge in [0, 0.05) is 26.2 Å². The molecule has 134 valence electrons. The van der Waals surface area contributed by atoms with E-state index in [2.05, 4.69) is 15.5 Å². The normalized spacial score (nSPS) is 15.6. The number of carbonyl (C=O) groups is 1. The van der Waals surface area contributed by atoms with Crippen LogP contribution < -0.4 is 10.2 Å². The van der Waals surface area contributed by atoms with Crippen LogP contribution in [-0.2, 0) is 4.79 Å². The van der Waals surface area contributed by atoms with E-state index in [1.807, 2.05) is 9.80 Å². The number of anilines is 2. The van der Waals surface area contributed by atoms with Gasteiger partial charge >= 0.3 is 0 Å². The third-order valence-electron chi connectivity index (χ3n) is 3.77. The Morgan fingerprint density at radius 3 is 2.56 bits per heavy atom. The number of nitrogens with one attached hydrogen (secondary N) is 1. The zero-order chi connectivity index (χ0) is 17.8. The molecule has 1 aliphatic heterocycles. The van der Waals surface area contributed by atoms with Crippen LogP contribution in [0.1, 0.15) is 11.4 Å². The van der Waals surface area contributed by atoms with Crippen LogP contribution in [0.25, 0.3) is 0 Å². The van der Waals surface area contributed by atoms with Gasteiger partial charge in [-0.1, -0.05) is 23.5 Å². The smallest absolute Gasteiger partial charge is 0.291 e. The van der Waals surface area contributed by atoms with Gasteiger partial charge in [-0.15, -0.1) is 10.2 Å². The highest BCUT2D eigenvalue weighted by molar-refractivity contribution is 7.15. The summed E-state index contributed by atoms with van der Waals surface area (Å²) in [5.41, 5.74) is 0.152. The molecular weight excluding hydrogens is 355 g/mol. The van der Waals surface area contributed by atoms with Crippen molar-refractivity contribution in [3.63, 3.8) is 0 Å². The monoisotopic (exact) mass is 371 g/mol. The third kappa shape index (κ3) is 4.45. The van der Waals surface area contributed by atoms with Crippen LogP contribution in [0.15, 0.2) is 24.3 Å². The minimum atomic E-state index is -2.62. The second-order valence-corrected chi connectivity index (χ2v) is 6.50. The SMILES string of the molecule is O=C(CN1CCN(c2nnc(C(F)F)s2)CC1)Nc1ccccc1F. The Labute approximate surface area is 146 Å². The van der Waals surface area contributed by atoms with Gasteiger partial charge in [-0.3, -0.25) is 9.69 Å². The minimum absolute atomic E-state index is 0.139. The predicted molar refractivity (Wildman–Crippen MR) is 88.5 cm³/mol. The Morgan fingerprint density at radius 2 is 1.92 bits per heavy atom. The van der Waals surface area contributed by atoms with Gasteiger partial charge in [-0.2, -0.15) is 0 Å².